The van der Waals surface area contributed by atoms with Gasteiger partial charge in [-0.3, -0.25) is 9.59 Å². The molecule has 0 saturated carbocycles. The molecule has 1 N–H and O–H groups in total. The number of aromatic amines is 1. The lowest BCUT2D eigenvalue weighted by Gasteiger charge is -2.19. The van der Waals surface area contributed by atoms with Crippen molar-refractivity contribution in [2.75, 3.05) is 6.61 Å². The van der Waals surface area contributed by atoms with Crippen molar-refractivity contribution in [1.29, 1.82) is 0 Å². The minimum absolute atomic E-state index is 0.193. The van der Waals surface area contributed by atoms with Crippen LogP contribution in [0.4, 0.5) is 0 Å². The van der Waals surface area contributed by atoms with Crippen LogP contribution in [0.1, 0.15) is 65.2 Å². The Morgan fingerprint density at radius 2 is 2.00 bits per heavy atom. The third kappa shape index (κ3) is 4.18. The first-order valence-corrected chi connectivity index (χ1v) is 8.62. The molecule has 136 valence electrons. The molecule has 2 atom stereocenters. The smallest absolute Gasteiger partial charge is 0.340 e. The molecule has 0 saturated heterocycles. The topological polar surface area (TPSA) is 85.5 Å². The number of H-pyrrole nitrogens is 1. The fourth-order valence-corrected chi connectivity index (χ4v) is 3.04. The number of Topliss-reactive ketones (excluding diaryl/α,β-unsaturated/α-hetero) is 1. The lowest BCUT2D eigenvalue weighted by molar-refractivity contribution is -0.151. The number of rotatable bonds is 6. The Kier molecular flexibility index (Phi) is 6.17. The SMILES string of the molecule is CCOC(=O)c1c(C)[nH]c(C(=O)[C@H](C)OC(=O)[C@H]2CC=CCC2)c1C. The van der Waals surface area contributed by atoms with Gasteiger partial charge in [-0.05, 0) is 52.5 Å². The number of carbonyl (C=O) groups excluding carboxylic acids is 3. The summed E-state index contributed by atoms with van der Waals surface area (Å²) in [5.41, 5.74) is 1.73. The summed E-state index contributed by atoms with van der Waals surface area (Å²) in [4.78, 5) is 39.8. The summed E-state index contributed by atoms with van der Waals surface area (Å²) in [5.74, 6) is -1.36. The van der Waals surface area contributed by atoms with E-state index in [1.165, 1.54) is 0 Å². The first kappa shape index (κ1) is 19.0. The van der Waals surface area contributed by atoms with E-state index in [0.29, 0.717) is 23.2 Å². The zero-order chi connectivity index (χ0) is 18.6. The minimum atomic E-state index is -0.912. The molecule has 0 spiro atoms. The van der Waals surface area contributed by atoms with Crippen molar-refractivity contribution < 1.29 is 23.9 Å². The van der Waals surface area contributed by atoms with Crippen LogP contribution in [-0.2, 0) is 14.3 Å². The molecule has 1 heterocycles. The predicted octanol–water partition coefficient (Wildman–Crippen LogP) is 3.28. The third-order valence-corrected chi connectivity index (χ3v) is 4.43. The van der Waals surface area contributed by atoms with E-state index in [2.05, 4.69) is 4.98 Å². The van der Waals surface area contributed by atoms with Crippen LogP contribution in [0.5, 0.6) is 0 Å². The van der Waals surface area contributed by atoms with Crippen LogP contribution in [0, 0.1) is 19.8 Å². The van der Waals surface area contributed by atoms with Gasteiger partial charge in [0, 0.05) is 5.69 Å². The molecule has 1 aliphatic carbocycles. The van der Waals surface area contributed by atoms with E-state index in [4.69, 9.17) is 9.47 Å². The summed E-state index contributed by atoms with van der Waals surface area (Å²) >= 11 is 0. The molecule has 0 aliphatic heterocycles. The van der Waals surface area contributed by atoms with Crippen molar-refractivity contribution in [3.05, 3.63) is 34.7 Å². The molecule has 0 unspecified atom stereocenters. The average Bonchev–Trinajstić information content (AvgIpc) is 2.89. The zero-order valence-corrected chi connectivity index (χ0v) is 15.2. The predicted molar refractivity (Wildman–Crippen MR) is 92.6 cm³/mol. The van der Waals surface area contributed by atoms with Gasteiger partial charge in [-0.2, -0.15) is 0 Å². The molecular weight excluding hydrogens is 322 g/mol. The number of hydrogen-bond donors (Lipinski definition) is 1. The van der Waals surface area contributed by atoms with Crippen molar-refractivity contribution in [2.45, 2.75) is 53.1 Å². The number of carbonyl (C=O) groups is 3. The van der Waals surface area contributed by atoms with Crippen LogP contribution in [0.15, 0.2) is 12.2 Å². The largest absolute Gasteiger partial charge is 0.462 e. The van der Waals surface area contributed by atoms with Gasteiger partial charge >= 0.3 is 11.9 Å². The van der Waals surface area contributed by atoms with E-state index in [0.717, 1.165) is 12.8 Å². The highest BCUT2D eigenvalue weighted by Gasteiger charge is 2.29. The van der Waals surface area contributed by atoms with Gasteiger partial charge < -0.3 is 14.5 Å². The standard InChI is InChI=1S/C19H25NO5/c1-5-24-19(23)15-11(2)16(20-12(15)3)17(21)13(4)25-18(22)14-9-7-6-8-10-14/h6-7,13-14,20H,5,8-10H2,1-4H3/t13-,14-/m0/s1. The molecule has 0 bridgehead atoms. The van der Waals surface area contributed by atoms with Crippen molar-refractivity contribution in [3.8, 4) is 0 Å². The van der Waals surface area contributed by atoms with Crippen LogP contribution >= 0.6 is 0 Å². The molecule has 1 aromatic heterocycles. The number of nitrogens with one attached hydrogen (secondary N) is 1. The van der Waals surface area contributed by atoms with Crippen molar-refractivity contribution in [3.63, 3.8) is 0 Å². The number of hydrogen-bond acceptors (Lipinski definition) is 5. The number of aryl methyl sites for hydroxylation is 1. The molecule has 2 rings (SSSR count). The van der Waals surface area contributed by atoms with Crippen LogP contribution in [0.2, 0.25) is 0 Å². The quantitative estimate of drug-likeness (QED) is 0.485. The highest BCUT2D eigenvalue weighted by Crippen LogP contribution is 2.23. The van der Waals surface area contributed by atoms with Gasteiger partial charge in [0.25, 0.3) is 0 Å². The van der Waals surface area contributed by atoms with Crippen LogP contribution in [-0.4, -0.2) is 35.4 Å². The van der Waals surface area contributed by atoms with E-state index in [-0.39, 0.29) is 30.0 Å². The molecule has 6 nitrogen and oxygen atoms in total. The zero-order valence-electron chi connectivity index (χ0n) is 15.2. The van der Waals surface area contributed by atoms with Crippen molar-refractivity contribution >= 4 is 17.7 Å². The Hall–Kier alpha value is -2.37. The molecule has 25 heavy (non-hydrogen) atoms. The molecule has 6 heteroatoms. The van der Waals surface area contributed by atoms with Gasteiger partial charge in [0.15, 0.2) is 6.10 Å². The van der Waals surface area contributed by atoms with Crippen molar-refractivity contribution in [1.82, 2.24) is 4.98 Å². The second-order valence-corrected chi connectivity index (χ2v) is 6.27. The van der Waals surface area contributed by atoms with Crippen molar-refractivity contribution in [2.24, 2.45) is 5.92 Å². The van der Waals surface area contributed by atoms with E-state index in [9.17, 15) is 14.4 Å². The second kappa shape index (κ2) is 8.14. The van der Waals surface area contributed by atoms with Crippen LogP contribution in [0.25, 0.3) is 0 Å². The van der Waals surface area contributed by atoms with E-state index in [1.807, 2.05) is 12.2 Å². The highest BCUT2D eigenvalue weighted by atomic mass is 16.5. The molecule has 1 aromatic rings. The van der Waals surface area contributed by atoms with Crippen LogP contribution < -0.4 is 0 Å². The Morgan fingerprint density at radius 1 is 1.28 bits per heavy atom. The maximum atomic E-state index is 12.7. The molecule has 0 fully saturated rings. The Labute approximate surface area is 147 Å². The summed E-state index contributed by atoms with van der Waals surface area (Å²) in [7, 11) is 0. The van der Waals surface area contributed by atoms with Gasteiger partial charge in [0.1, 0.15) is 0 Å². The van der Waals surface area contributed by atoms with E-state index >= 15 is 0 Å². The monoisotopic (exact) mass is 347 g/mol. The summed E-state index contributed by atoms with van der Waals surface area (Å²) in [5, 5.41) is 0. The van der Waals surface area contributed by atoms with E-state index in [1.54, 1.807) is 27.7 Å². The number of aromatic nitrogens is 1. The number of esters is 2. The Balaban J connectivity index is 2.11. The minimum Gasteiger partial charge on any atom is -0.462 e. The second-order valence-electron chi connectivity index (χ2n) is 6.27. The number of ketones is 1. The van der Waals surface area contributed by atoms with Gasteiger partial charge in [-0.25, -0.2) is 4.79 Å². The average molecular weight is 347 g/mol. The highest BCUT2D eigenvalue weighted by molar-refractivity contribution is 6.04. The molecule has 0 amide bonds. The van der Waals surface area contributed by atoms with Gasteiger partial charge in [-0.1, -0.05) is 12.2 Å². The summed E-state index contributed by atoms with van der Waals surface area (Å²) < 4.78 is 10.4. The number of allylic oxidation sites excluding steroid dienone is 2. The fourth-order valence-electron chi connectivity index (χ4n) is 3.04. The van der Waals surface area contributed by atoms with Crippen LogP contribution in [0.3, 0.4) is 0 Å². The van der Waals surface area contributed by atoms with E-state index < -0.39 is 12.1 Å². The van der Waals surface area contributed by atoms with Gasteiger partial charge in [-0.15, -0.1) is 0 Å². The molecule has 0 aromatic carbocycles. The summed E-state index contributed by atoms with van der Waals surface area (Å²) in [6.45, 7) is 6.93. The third-order valence-electron chi connectivity index (χ3n) is 4.43. The molecule has 1 aliphatic rings. The fraction of sp³-hybridized carbons (Fsp3) is 0.526. The first-order valence-electron chi connectivity index (χ1n) is 8.62. The normalized spacial score (nSPS) is 17.8. The lowest BCUT2D eigenvalue weighted by Crippen LogP contribution is -2.29. The maximum absolute atomic E-state index is 12.7. The number of ether oxygens (including phenoxy) is 2. The summed E-state index contributed by atoms with van der Waals surface area (Å²) in [6, 6.07) is 0. The Bertz CT molecular complexity index is 701. The summed E-state index contributed by atoms with van der Waals surface area (Å²) in [6.07, 6.45) is 5.33. The lowest BCUT2D eigenvalue weighted by atomic mass is 9.94. The molecular formula is C19H25NO5. The van der Waals surface area contributed by atoms with Gasteiger partial charge in [0.05, 0.1) is 23.8 Å². The Morgan fingerprint density at radius 3 is 2.60 bits per heavy atom. The molecule has 0 radical (unpaired) electrons. The first-order chi connectivity index (χ1) is 11.9. The van der Waals surface area contributed by atoms with Gasteiger partial charge in [0.2, 0.25) is 5.78 Å². The maximum Gasteiger partial charge on any atom is 0.340 e.